The van der Waals surface area contributed by atoms with E-state index in [1.165, 1.54) is 16.2 Å². The Morgan fingerprint density at radius 1 is 1.27 bits per heavy atom. The zero-order chi connectivity index (χ0) is 26.3. The largest absolute Gasteiger partial charge is 0.872 e. The quantitative estimate of drug-likeness (QED) is 0.385. The van der Waals surface area contributed by atoms with E-state index >= 15 is 0 Å². The van der Waals surface area contributed by atoms with Crippen LogP contribution >= 0.6 is 11.3 Å². The summed E-state index contributed by atoms with van der Waals surface area (Å²) in [6, 6.07) is 9.19. The Bertz CT molecular complexity index is 1520. The number of piperidine rings is 1. The van der Waals surface area contributed by atoms with E-state index < -0.39 is 5.97 Å². The number of aromatic nitrogens is 1. The van der Waals surface area contributed by atoms with Gasteiger partial charge in [-0.3, -0.25) is 4.79 Å². The van der Waals surface area contributed by atoms with Gasteiger partial charge in [-0.25, -0.2) is 9.78 Å². The number of carbonyl (C=O) groups excluding carboxylic acids is 1. The molecule has 2 aromatic carbocycles. The molecule has 1 saturated heterocycles. The Labute approximate surface area is 219 Å². The number of nitrogens with zero attached hydrogens (tertiary/aromatic N) is 1. The summed E-state index contributed by atoms with van der Waals surface area (Å²) in [5.74, 6) is -1.05. The number of carbonyl (C=O) groups is 1. The molecule has 0 aliphatic carbocycles. The number of likely N-dealkylation sites (tertiary alicyclic amines) is 1. The lowest BCUT2D eigenvalue weighted by Crippen LogP contribution is -3.13. The number of benzene rings is 2. The van der Waals surface area contributed by atoms with E-state index in [2.05, 4.69) is 18.8 Å². The molecule has 194 valence electrons. The summed E-state index contributed by atoms with van der Waals surface area (Å²) in [6.45, 7) is 10.5. The van der Waals surface area contributed by atoms with Crippen molar-refractivity contribution in [2.24, 2.45) is 5.41 Å². The molecule has 1 aliphatic heterocycles. The topological polar surface area (TPSA) is 96.9 Å². The smallest absolute Gasteiger partial charge is 0.375 e. The van der Waals surface area contributed by atoms with Crippen molar-refractivity contribution in [1.82, 2.24) is 4.98 Å². The predicted molar refractivity (Wildman–Crippen MR) is 143 cm³/mol. The van der Waals surface area contributed by atoms with Crippen LogP contribution in [0.2, 0.25) is 0 Å². The van der Waals surface area contributed by atoms with Gasteiger partial charge >= 0.3 is 5.97 Å². The fourth-order valence-electron chi connectivity index (χ4n) is 5.45. The first kappa shape index (κ1) is 25.4. The first-order valence-electron chi connectivity index (χ1n) is 12.9. The van der Waals surface area contributed by atoms with Crippen LogP contribution < -0.4 is 15.4 Å². The number of quaternary nitrogens is 1. The average molecular weight is 521 g/mol. The van der Waals surface area contributed by atoms with Crippen LogP contribution in [0.3, 0.4) is 0 Å². The van der Waals surface area contributed by atoms with Crippen molar-refractivity contribution in [2.75, 3.05) is 19.7 Å². The third-order valence-corrected chi connectivity index (χ3v) is 8.25. The number of hydrogen-bond acceptors (Lipinski definition) is 7. The molecule has 1 atom stereocenters. The van der Waals surface area contributed by atoms with Crippen LogP contribution in [0.1, 0.15) is 62.2 Å². The number of fused-ring (bicyclic) bond motifs is 2. The normalized spacial score (nSPS) is 17.4. The number of para-hydroxylation sites is 1. The zero-order valence-electron chi connectivity index (χ0n) is 21.7. The van der Waals surface area contributed by atoms with Crippen molar-refractivity contribution in [1.29, 1.82) is 0 Å². The summed E-state index contributed by atoms with van der Waals surface area (Å²) < 4.78 is 12.4. The summed E-state index contributed by atoms with van der Waals surface area (Å²) >= 11 is 1.32. The predicted octanol–water partition coefficient (Wildman–Crippen LogP) is 4.09. The minimum absolute atomic E-state index is 0.0882. The molecule has 3 heterocycles. The zero-order valence-corrected chi connectivity index (χ0v) is 22.5. The Morgan fingerprint density at radius 3 is 2.76 bits per heavy atom. The third-order valence-electron chi connectivity index (χ3n) is 7.19. The summed E-state index contributed by atoms with van der Waals surface area (Å²) in [5.41, 5.74) is 1.85. The minimum atomic E-state index is -0.736. The highest BCUT2D eigenvalue weighted by molar-refractivity contribution is 7.21. The molecule has 8 heteroatoms. The molecule has 0 radical (unpaired) electrons. The molecule has 5 rings (SSSR count). The fourth-order valence-corrected chi connectivity index (χ4v) is 6.45. The second-order valence-corrected chi connectivity index (χ2v) is 11.6. The maximum absolute atomic E-state index is 14.1. The lowest BCUT2D eigenvalue weighted by Gasteiger charge is -2.36. The van der Waals surface area contributed by atoms with Gasteiger partial charge in [0.2, 0.25) is 11.2 Å². The maximum Gasteiger partial charge on any atom is 0.375 e. The van der Waals surface area contributed by atoms with Gasteiger partial charge in [-0.05, 0) is 44.4 Å². The van der Waals surface area contributed by atoms with Gasteiger partial charge in [-0.2, -0.15) is 0 Å². The highest BCUT2D eigenvalue weighted by Gasteiger charge is 2.32. The second-order valence-electron chi connectivity index (χ2n) is 10.5. The van der Waals surface area contributed by atoms with Crippen LogP contribution in [0.25, 0.3) is 31.8 Å². The van der Waals surface area contributed by atoms with E-state index in [1.54, 1.807) is 13.0 Å². The second kappa shape index (κ2) is 9.91. The number of hydrogen-bond donors (Lipinski definition) is 1. The van der Waals surface area contributed by atoms with Crippen LogP contribution in [-0.2, 0) is 17.7 Å². The van der Waals surface area contributed by atoms with Gasteiger partial charge in [0.15, 0.2) is 0 Å². The number of aryl methyl sites for hydroxylation is 1. The molecule has 1 aliphatic rings. The van der Waals surface area contributed by atoms with E-state index in [0.29, 0.717) is 34.5 Å². The SMILES string of the molecule is CCOC(=O)c1oc2c(C[NH+]3CCCC(C)(C)C3)c([O-])c(CC)cc2c(=O)c1-c1nc2ccccc2s1. The molecule has 0 spiro atoms. The van der Waals surface area contributed by atoms with Crippen LogP contribution in [0.5, 0.6) is 5.75 Å². The molecule has 1 fully saturated rings. The molecule has 4 aromatic rings. The standard InChI is InChI=1S/C29H32N2O5S/c1-5-17-14-18-24(33)22(27-30-20-10-7-8-11-21(20)37-27)26(28(34)35-6-2)36-25(18)19(23(17)32)15-31-13-9-12-29(3,4)16-31/h7-8,10-11,14,32H,5-6,9,12-13,15-16H2,1-4H3. The highest BCUT2D eigenvalue weighted by Crippen LogP contribution is 2.35. The third kappa shape index (κ3) is 4.76. The van der Waals surface area contributed by atoms with Crippen molar-refractivity contribution in [3.8, 4) is 16.3 Å². The van der Waals surface area contributed by atoms with Crippen LogP contribution in [-0.4, -0.2) is 30.6 Å². The van der Waals surface area contributed by atoms with E-state index in [1.807, 2.05) is 31.2 Å². The first-order valence-corrected chi connectivity index (χ1v) is 13.7. The van der Waals surface area contributed by atoms with Gasteiger partial charge in [0.1, 0.15) is 22.7 Å². The summed E-state index contributed by atoms with van der Waals surface area (Å²) in [5, 5.41) is 14.2. The summed E-state index contributed by atoms with van der Waals surface area (Å²) in [7, 11) is 0. The first-order chi connectivity index (χ1) is 17.7. The molecule has 0 saturated carbocycles. The van der Waals surface area contributed by atoms with Gasteiger partial charge in [0.25, 0.3) is 0 Å². The van der Waals surface area contributed by atoms with Crippen molar-refractivity contribution >= 4 is 38.5 Å². The molecule has 7 nitrogen and oxygen atoms in total. The van der Waals surface area contributed by atoms with Gasteiger partial charge in [-0.1, -0.05) is 44.2 Å². The monoisotopic (exact) mass is 520 g/mol. The van der Waals surface area contributed by atoms with E-state index in [9.17, 15) is 14.7 Å². The number of ether oxygens (including phenoxy) is 1. The Balaban J connectivity index is 1.76. The Hall–Kier alpha value is -3.23. The van der Waals surface area contributed by atoms with Crippen molar-refractivity contribution in [3.63, 3.8) is 0 Å². The molecule has 2 aromatic heterocycles. The lowest BCUT2D eigenvalue weighted by molar-refractivity contribution is -0.925. The maximum atomic E-state index is 14.1. The molecular weight excluding hydrogens is 488 g/mol. The van der Waals surface area contributed by atoms with Crippen molar-refractivity contribution in [3.05, 3.63) is 57.4 Å². The van der Waals surface area contributed by atoms with Gasteiger partial charge in [0.05, 0.1) is 35.3 Å². The molecule has 0 amide bonds. The van der Waals surface area contributed by atoms with E-state index in [4.69, 9.17) is 9.15 Å². The molecule has 1 unspecified atom stereocenters. The molecule has 0 bridgehead atoms. The summed E-state index contributed by atoms with van der Waals surface area (Å²) in [4.78, 5) is 33.0. The van der Waals surface area contributed by atoms with Crippen molar-refractivity contribution in [2.45, 2.75) is 53.5 Å². The van der Waals surface area contributed by atoms with E-state index in [-0.39, 0.29) is 40.1 Å². The number of thiazole rings is 1. The Kier molecular flexibility index (Phi) is 6.81. The molecule has 1 N–H and O–H groups in total. The minimum Gasteiger partial charge on any atom is -0.872 e. The highest BCUT2D eigenvalue weighted by atomic mass is 32.1. The van der Waals surface area contributed by atoms with Gasteiger partial charge in [0, 0.05) is 11.0 Å². The van der Waals surface area contributed by atoms with Crippen LogP contribution in [0.4, 0.5) is 0 Å². The number of rotatable bonds is 6. The van der Waals surface area contributed by atoms with Crippen molar-refractivity contribution < 1.29 is 24.0 Å². The number of esters is 1. The fraction of sp³-hybridized carbons (Fsp3) is 0.414. The molecule has 37 heavy (non-hydrogen) atoms. The summed E-state index contributed by atoms with van der Waals surface area (Å²) in [6.07, 6.45) is 2.71. The molecular formula is C29H32N2O5S. The van der Waals surface area contributed by atoms with E-state index in [0.717, 1.165) is 36.1 Å². The van der Waals surface area contributed by atoms with Gasteiger partial charge in [-0.15, -0.1) is 11.3 Å². The number of nitrogens with one attached hydrogen (secondary N) is 1. The lowest BCUT2D eigenvalue weighted by atomic mass is 9.84. The Morgan fingerprint density at radius 2 is 2.05 bits per heavy atom. The van der Waals surface area contributed by atoms with Crippen LogP contribution in [0.15, 0.2) is 39.5 Å². The van der Waals surface area contributed by atoms with Crippen LogP contribution in [0, 0.1) is 5.41 Å². The average Bonchev–Trinajstić information content (AvgIpc) is 3.29. The van der Waals surface area contributed by atoms with Gasteiger partial charge < -0.3 is 19.2 Å².